The Kier molecular flexibility index (Phi) is 3.03. The van der Waals surface area contributed by atoms with Crippen molar-refractivity contribution >= 4 is 0 Å². The fraction of sp³-hybridized carbons (Fsp3) is 0.182. The van der Waals surface area contributed by atoms with Crippen molar-refractivity contribution in [3.05, 3.63) is 42.0 Å². The van der Waals surface area contributed by atoms with Crippen molar-refractivity contribution in [1.82, 2.24) is 9.78 Å². The second kappa shape index (κ2) is 4.48. The van der Waals surface area contributed by atoms with Gasteiger partial charge in [0.1, 0.15) is 0 Å². The Hall–Kier alpha value is -1.98. The van der Waals surface area contributed by atoms with E-state index in [9.17, 15) is 13.2 Å². The zero-order valence-corrected chi connectivity index (χ0v) is 8.95. The number of halogens is 3. The van der Waals surface area contributed by atoms with Crippen LogP contribution in [0.4, 0.5) is 13.2 Å². The highest BCUT2D eigenvalue weighted by Gasteiger charge is 2.12. The van der Waals surface area contributed by atoms with Crippen LogP contribution >= 0.6 is 0 Å². The number of nitrogens with zero attached hydrogens (tertiary/aromatic N) is 2. The molecule has 0 saturated heterocycles. The highest BCUT2D eigenvalue weighted by Crippen LogP contribution is 2.26. The van der Waals surface area contributed by atoms with Crippen LogP contribution in [0.1, 0.15) is 6.92 Å². The number of aryl methyl sites for hydroxylation is 1. The number of hydrogen-bond donors (Lipinski definition) is 0. The van der Waals surface area contributed by atoms with Crippen LogP contribution < -0.4 is 4.74 Å². The second-order valence-corrected chi connectivity index (χ2v) is 3.33. The molecule has 0 aliphatic carbocycles. The first-order chi connectivity index (χ1) is 8.10. The van der Waals surface area contributed by atoms with Crippen LogP contribution in [0, 0.1) is 17.5 Å². The van der Waals surface area contributed by atoms with Gasteiger partial charge in [0.2, 0.25) is 0 Å². The van der Waals surface area contributed by atoms with Gasteiger partial charge in [0.25, 0.3) is 0 Å². The van der Waals surface area contributed by atoms with Crippen molar-refractivity contribution in [1.29, 1.82) is 0 Å². The molecular formula is C11H9F3N2O. The standard InChI is InChI=1S/C11H9F3N2O/c1-2-16-6-7(5-15-16)17-11-4-9(13)8(12)3-10(11)14/h3-6H,2H2,1H3. The topological polar surface area (TPSA) is 27.1 Å². The van der Waals surface area contributed by atoms with Crippen LogP contribution in [0.5, 0.6) is 11.5 Å². The molecule has 0 aliphatic heterocycles. The lowest BCUT2D eigenvalue weighted by Gasteiger charge is -2.04. The van der Waals surface area contributed by atoms with Gasteiger partial charge in [-0.05, 0) is 6.92 Å². The summed E-state index contributed by atoms with van der Waals surface area (Å²) in [6.07, 6.45) is 2.89. The Labute approximate surface area is 95.4 Å². The minimum absolute atomic E-state index is 0.261. The lowest BCUT2D eigenvalue weighted by molar-refractivity contribution is 0.421. The SMILES string of the molecule is CCn1cc(Oc2cc(F)c(F)cc2F)cn1. The summed E-state index contributed by atoms with van der Waals surface area (Å²) in [6.45, 7) is 2.50. The summed E-state index contributed by atoms with van der Waals surface area (Å²) >= 11 is 0. The molecule has 0 amide bonds. The van der Waals surface area contributed by atoms with E-state index in [1.165, 1.54) is 12.4 Å². The summed E-state index contributed by atoms with van der Waals surface area (Å²) in [6, 6.07) is 1.10. The quantitative estimate of drug-likeness (QED) is 0.773. The lowest BCUT2D eigenvalue weighted by Crippen LogP contribution is -1.93. The van der Waals surface area contributed by atoms with Crippen LogP contribution in [0.25, 0.3) is 0 Å². The van der Waals surface area contributed by atoms with Gasteiger partial charge in [0, 0.05) is 18.7 Å². The van der Waals surface area contributed by atoms with E-state index in [0.29, 0.717) is 18.7 Å². The predicted octanol–water partition coefficient (Wildman–Crippen LogP) is 3.11. The van der Waals surface area contributed by atoms with Gasteiger partial charge in [-0.25, -0.2) is 13.2 Å². The normalized spacial score (nSPS) is 10.6. The molecule has 2 rings (SSSR count). The van der Waals surface area contributed by atoms with E-state index in [4.69, 9.17) is 4.74 Å². The molecule has 0 spiro atoms. The fourth-order valence-corrected chi connectivity index (χ4v) is 1.28. The summed E-state index contributed by atoms with van der Waals surface area (Å²) in [5.41, 5.74) is 0. The smallest absolute Gasteiger partial charge is 0.168 e. The van der Waals surface area contributed by atoms with Gasteiger partial charge in [0.05, 0.1) is 12.4 Å². The van der Waals surface area contributed by atoms with Crippen LogP contribution in [0.2, 0.25) is 0 Å². The van der Waals surface area contributed by atoms with E-state index in [1.54, 1.807) is 4.68 Å². The van der Waals surface area contributed by atoms with E-state index < -0.39 is 17.5 Å². The number of aromatic nitrogens is 2. The molecule has 0 radical (unpaired) electrons. The number of rotatable bonds is 3. The molecule has 2 aromatic rings. The molecule has 1 aromatic heterocycles. The van der Waals surface area contributed by atoms with Gasteiger partial charge >= 0.3 is 0 Å². The molecule has 6 heteroatoms. The minimum Gasteiger partial charge on any atom is -0.451 e. The molecule has 3 nitrogen and oxygen atoms in total. The van der Waals surface area contributed by atoms with Crippen LogP contribution in [-0.4, -0.2) is 9.78 Å². The molecule has 0 fully saturated rings. The average Bonchev–Trinajstić information content (AvgIpc) is 2.73. The molecule has 0 atom stereocenters. The maximum atomic E-state index is 13.2. The summed E-state index contributed by atoms with van der Waals surface area (Å²) in [5, 5.41) is 3.90. The Bertz CT molecular complexity index is 540. The molecule has 0 bridgehead atoms. The van der Waals surface area contributed by atoms with E-state index >= 15 is 0 Å². The van der Waals surface area contributed by atoms with E-state index in [1.807, 2.05) is 6.92 Å². The van der Waals surface area contributed by atoms with Crippen molar-refractivity contribution < 1.29 is 17.9 Å². The van der Waals surface area contributed by atoms with Crippen molar-refractivity contribution in [3.63, 3.8) is 0 Å². The third-order valence-corrected chi connectivity index (χ3v) is 2.14. The first kappa shape index (κ1) is 11.5. The van der Waals surface area contributed by atoms with Crippen molar-refractivity contribution in [2.75, 3.05) is 0 Å². The first-order valence-corrected chi connectivity index (χ1v) is 4.95. The fourth-order valence-electron chi connectivity index (χ4n) is 1.28. The van der Waals surface area contributed by atoms with Gasteiger partial charge in [-0.2, -0.15) is 5.10 Å². The lowest BCUT2D eigenvalue weighted by atomic mass is 10.3. The van der Waals surface area contributed by atoms with Gasteiger partial charge < -0.3 is 4.74 Å². The summed E-state index contributed by atoms with van der Waals surface area (Å²) in [7, 11) is 0. The molecular weight excluding hydrogens is 233 g/mol. The van der Waals surface area contributed by atoms with E-state index in [2.05, 4.69) is 5.10 Å². The average molecular weight is 242 g/mol. The Morgan fingerprint density at radius 3 is 2.53 bits per heavy atom. The van der Waals surface area contributed by atoms with Gasteiger partial charge in [0.15, 0.2) is 29.0 Å². The zero-order valence-electron chi connectivity index (χ0n) is 8.95. The number of benzene rings is 1. The third kappa shape index (κ3) is 2.41. The summed E-state index contributed by atoms with van der Waals surface area (Å²) in [5.74, 6) is -3.49. The number of ether oxygens (including phenoxy) is 1. The molecule has 0 N–H and O–H groups in total. The molecule has 0 aliphatic rings. The van der Waals surface area contributed by atoms with Gasteiger partial charge in [-0.15, -0.1) is 0 Å². The Morgan fingerprint density at radius 1 is 1.18 bits per heavy atom. The maximum absolute atomic E-state index is 13.2. The summed E-state index contributed by atoms with van der Waals surface area (Å²) in [4.78, 5) is 0. The zero-order chi connectivity index (χ0) is 12.4. The first-order valence-electron chi connectivity index (χ1n) is 4.95. The monoisotopic (exact) mass is 242 g/mol. The molecule has 0 saturated carbocycles. The minimum atomic E-state index is -1.25. The van der Waals surface area contributed by atoms with E-state index in [-0.39, 0.29) is 11.5 Å². The highest BCUT2D eigenvalue weighted by atomic mass is 19.2. The molecule has 17 heavy (non-hydrogen) atoms. The predicted molar refractivity (Wildman–Crippen MR) is 54.3 cm³/mol. The largest absolute Gasteiger partial charge is 0.451 e. The molecule has 0 unspecified atom stereocenters. The molecule has 90 valence electrons. The Balaban J connectivity index is 2.26. The van der Waals surface area contributed by atoms with Crippen LogP contribution in [-0.2, 0) is 6.54 Å². The Morgan fingerprint density at radius 2 is 1.88 bits per heavy atom. The molecule has 1 aromatic carbocycles. The van der Waals surface area contributed by atoms with E-state index in [0.717, 1.165) is 0 Å². The number of hydrogen-bond acceptors (Lipinski definition) is 2. The molecule has 1 heterocycles. The maximum Gasteiger partial charge on any atom is 0.168 e. The van der Waals surface area contributed by atoms with Gasteiger partial charge in [-0.1, -0.05) is 0 Å². The van der Waals surface area contributed by atoms with Crippen molar-refractivity contribution in [2.45, 2.75) is 13.5 Å². The van der Waals surface area contributed by atoms with Gasteiger partial charge in [-0.3, -0.25) is 4.68 Å². The highest BCUT2D eigenvalue weighted by molar-refractivity contribution is 5.30. The third-order valence-electron chi connectivity index (χ3n) is 2.14. The summed E-state index contributed by atoms with van der Waals surface area (Å²) < 4.78 is 45.4. The van der Waals surface area contributed by atoms with Crippen LogP contribution in [0.15, 0.2) is 24.5 Å². The second-order valence-electron chi connectivity index (χ2n) is 3.33. The van der Waals surface area contributed by atoms with Crippen molar-refractivity contribution in [2.24, 2.45) is 0 Å². The van der Waals surface area contributed by atoms with Crippen molar-refractivity contribution in [3.8, 4) is 11.5 Å². The van der Waals surface area contributed by atoms with Crippen LogP contribution in [0.3, 0.4) is 0 Å².